The number of sulfone groups is 1. The van der Waals surface area contributed by atoms with E-state index in [0.717, 1.165) is 24.8 Å². The van der Waals surface area contributed by atoms with Gasteiger partial charge in [0, 0.05) is 49.6 Å². The average Bonchev–Trinajstić information content (AvgIpc) is 3.17. The van der Waals surface area contributed by atoms with E-state index in [-0.39, 0.29) is 29.4 Å². The molecule has 1 aliphatic heterocycles. The number of nitrogens with two attached hydrogens (primary N) is 1. The molecule has 1 amide bonds. The molecule has 0 radical (unpaired) electrons. The predicted octanol–water partition coefficient (Wildman–Crippen LogP) is 1.52. The molecule has 0 unspecified atom stereocenters. The van der Waals surface area contributed by atoms with Gasteiger partial charge < -0.3 is 16.0 Å². The molecule has 4 rings (SSSR count). The van der Waals surface area contributed by atoms with Crippen LogP contribution in [0.5, 0.6) is 0 Å². The number of carbonyl (C=O) groups is 1. The van der Waals surface area contributed by atoms with Crippen LogP contribution in [0, 0.1) is 23.7 Å². The lowest BCUT2D eigenvalue weighted by atomic mass is 9.69. The lowest BCUT2D eigenvalue weighted by Gasteiger charge is -2.44. The van der Waals surface area contributed by atoms with Crippen LogP contribution in [0.3, 0.4) is 0 Å². The molecule has 1 saturated heterocycles. The second-order valence-corrected chi connectivity index (χ2v) is 16.1. The van der Waals surface area contributed by atoms with Crippen molar-refractivity contribution in [3.8, 4) is 0 Å². The molecule has 208 valence electrons. The van der Waals surface area contributed by atoms with Gasteiger partial charge in [0.05, 0.1) is 17.5 Å². The summed E-state index contributed by atoms with van der Waals surface area (Å²) in [6.45, 7) is 8.47. The molecule has 1 aromatic carbocycles. The highest BCUT2D eigenvalue weighted by atomic mass is 32.2. The van der Waals surface area contributed by atoms with E-state index in [1.54, 1.807) is 4.31 Å². The number of anilines is 1. The number of fused-ring (bicyclic) bond motifs is 2. The molecule has 1 aromatic rings. The highest BCUT2D eigenvalue weighted by Crippen LogP contribution is 2.66. The van der Waals surface area contributed by atoms with Crippen molar-refractivity contribution in [2.45, 2.75) is 58.5 Å². The fourth-order valence-corrected chi connectivity index (χ4v) is 9.87. The molecule has 4 atom stereocenters. The summed E-state index contributed by atoms with van der Waals surface area (Å²) < 4.78 is 52.2. The maximum Gasteiger partial charge on any atom is 0.237 e. The van der Waals surface area contributed by atoms with Crippen LogP contribution in [-0.2, 0) is 24.7 Å². The Morgan fingerprint density at radius 3 is 2.38 bits per heavy atom. The van der Waals surface area contributed by atoms with Crippen molar-refractivity contribution in [3.05, 3.63) is 29.8 Å². The molecule has 37 heavy (non-hydrogen) atoms. The van der Waals surface area contributed by atoms with Crippen molar-refractivity contribution < 1.29 is 21.6 Å². The summed E-state index contributed by atoms with van der Waals surface area (Å²) in [7, 11) is -6.80. The molecule has 11 heteroatoms. The van der Waals surface area contributed by atoms with Crippen LogP contribution in [-0.4, -0.2) is 83.1 Å². The van der Waals surface area contributed by atoms with Gasteiger partial charge in [-0.25, -0.2) is 16.8 Å². The van der Waals surface area contributed by atoms with E-state index in [4.69, 9.17) is 5.73 Å². The normalized spacial score (nSPS) is 28.8. The Morgan fingerprint density at radius 1 is 1.14 bits per heavy atom. The zero-order valence-electron chi connectivity index (χ0n) is 22.4. The average molecular weight is 555 g/mol. The highest BCUT2D eigenvalue weighted by molar-refractivity contribution is 7.90. The number of hydrogen-bond acceptors (Lipinski definition) is 7. The van der Waals surface area contributed by atoms with Gasteiger partial charge in [-0.1, -0.05) is 32.0 Å². The number of amides is 1. The fraction of sp³-hybridized carbons (Fsp3) is 0.731. The number of hydrogen-bond donors (Lipinski definition) is 2. The highest BCUT2D eigenvalue weighted by Gasteiger charge is 2.65. The molecule has 0 spiro atoms. The first-order valence-electron chi connectivity index (χ1n) is 13.2. The molecule has 3 aliphatic rings. The third-order valence-corrected chi connectivity index (χ3v) is 12.4. The van der Waals surface area contributed by atoms with Crippen molar-refractivity contribution in [2.75, 3.05) is 48.8 Å². The van der Waals surface area contributed by atoms with Crippen LogP contribution in [0.15, 0.2) is 24.3 Å². The first-order chi connectivity index (χ1) is 17.2. The summed E-state index contributed by atoms with van der Waals surface area (Å²) in [5.74, 6) is -0.245. The Bertz CT molecular complexity index is 1230. The van der Waals surface area contributed by atoms with E-state index in [1.165, 1.54) is 5.56 Å². The van der Waals surface area contributed by atoms with Gasteiger partial charge in [-0.3, -0.25) is 4.79 Å². The van der Waals surface area contributed by atoms with E-state index in [2.05, 4.69) is 43.1 Å². The lowest BCUT2D eigenvalue weighted by Crippen LogP contribution is -2.57. The molecule has 3 N–H and O–H groups in total. The number of benzene rings is 1. The second kappa shape index (κ2) is 10.1. The first-order valence-corrected chi connectivity index (χ1v) is 16.9. The summed E-state index contributed by atoms with van der Waals surface area (Å²) >= 11 is 0. The third kappa shape index (κ3) is 5.55. The number of nitrogens with one attached hydrogen (secondary N) is 1. The minimum atomic E-state index is -3.57. The van der Waals surface area contributed by atoms with Crippen molar-refractivity contribution in [1.29, 1.82) is 0 Å². The molecule has 2 bridgehead atoms. The number of aryl methyl sites for hydroxylation is 1. The topological polar surface area (TPSA) is 130 Å². The third-order valence-electron chi connectivity index (χ3n) is 9.41. The number of nitrogens with zero attached hydrogens (tertiary/aromatic N) is 2. The Morgan fingerprint density at radius 2 is 1.78 bits per heavy atom. The van der Waals surface area contributed by atoms with Crippen molar-refractivity contribution in [1.82, 2.24) is 9.62 Å². The van der Waals surface area contributed by atoms with E-state index in [0.29, 0.717) is 38.5 Å². The van der Waals surface area contributed by atoms with Crippen LogP contribution in [0.1, 0.15) is 45.1 Å². The van der Waals surface area contributed by atoms with Crippen molar-refractivity contribution in [2.24, 2.45) is 22.5 Å². The molecule has 1 heterocycles. The molecule has 2 saturated carbocycles. The van der Waals surface area contributed by atoms with Gasteiger partial charge in [-0.15, -0.1) is 0 Å². The van der Waals surface area contributed by atoms with Gasteiger partial charge in [0.15, 0.2) is 0 Å². The van der Waals surface area contributed by atoms with E-state index in [9.17, 15) is 21.6 Å². The number of piperazine rings is 1. The zero-order chi connectivity index (χ0) is 27.2. The van der Waals surface area contributed by atoms with E-state index >= 15 is 0 Å². The van der Waals surface area contributed by atoms with Gasteiger partial charge in [-0.05, 0) is 55.6 Å². The molecule has 9 nitrogen and oxygen atoms in total. The minimum Gasteiger partial charge on any atom is -0.369 e. The zero-order valence-corrected chi connectivity index (χ0v) is 24.1. The maximum absolute atomic E-state index is 13.8. The van der Waals surface area contributed by atoms with Crippen LogP contribution in [0.4, 0.5) is 5.69 Å². The SMILES string of the molecule is Cc1ccccc1N1CCN(S(=O)(=O)C[C@]23CC[C@@H](C[C@@H]2NC(=O)[C@@H](N)CCS(C)(=O)=O)C3(C)C)CC1. The standard InChI is InChI=1S/C26H42N4O5S2/c1-19-7-5-6-8-22(19)29-12-14-30(15-13-29)37(34,35)18-26-11-9-20(25(26,2)3)17-23(26)28-24(31)21(27)10-16-36(4,32)33/h5-8,20-21,23H,9-18,27H2,1-4H3,(H,28,31)/t20-,21-,23-,26+/m0/s1. The summed E-state index contributed by atoms with van der Waals surface area (Å²) in [5.41, 5.74) is 7.50. The summed E-state index contributed by atoms with van der Waals surface area (Å²) in [6, 6.07) is 6.90. The molecule has 3 fully saturated rings. The van der Waals surface area contributed by atoms with Gasteiger partial charge in [0.25, 0.3) is 0 Å². The Labute approximate surface area is 222 Å². The van der Waals surface area contributed by atoms with Gasteiger partial charge in [0.2, 0.25) is 15.9 Å². The number of carbonyl (C=O) groups excluding carboxylic acids is 1. The molecular formula is C26H42N4O5S2. The van der Waals surface area contributed by atoms with Gasteiger partial charge in [0.1, 0.15) is 9.84 Å². The van der Waals surface area contributed by atoms with E-state index in [1.807, 2.05) is 12.1 Å². The first kappa shape index (κ1) is 28.3. The Hall–Kier alpha value is -1.69. The van der Waals surface area contributed by atoms with Crippen LogP contribution >= 0.6 is 0 Å². The van der Waals surface area contributed by atoms with E-state index < -0.39 is 37.2 Å². The minimum absolute atomic E-state index is 0.00259. The van der Waals surface area contributed by atoms with Crippen molar-refractivity contribution >= 4 is 31.5 Å². The largest absolute Gasteiger partial charge is 0.369 e. The predicted molar refractivity (Wildman–Crippen MR) is 147 cm³/mol. The van der Waals surface area contributed by atoms with Gasteiger partial charge in [-0.2, -0.15) is 4.31 Å². The van der Waals surface area contributed by atoms with Crippen LogP contribution < -0.4 is 16.0 Å². The number of rotatable bonds is 9. The quantitative estimate of drug-likeness (QED) is 0.473. The van der Waals surface area contributed by atoms with Crippen LogP contribution in [0.25, 0.3) is 0 Å². The summed E-state index contributed by atoms with van der Waals surface area (Å²) in [4.78, 5) is 15.2. The summed E-state index contributed by atoms with van der Waals surface area (Å²) in [6.07, 6.45) is 3.55. The lowest BCUT2D eigenvalue weighted by molar-refractivity contribution is -0.124. The molecular weight excluding hydrogens is 512 g/mol. The molecule has 0 aromatic heterocycles. The molecule has 2 aliphatic carbocycles. The maximum atomic E-state index is 13.8. The fourth-order valence-electron chi connectivity index (χ4n) is 6.92. The van der Waals surface area contributed by atoms with Crippen molar-refractivity contribution in [3.63, 3.8) is 0 Å². The number of sulfonamides is 1. The monoisotopic (exact) mass is 554 g/mol. The van der Waals surface area contributed by atoms with Crippen LogP contribution in [0.2, 0.25) is 0 Å². The van der Waals surface area contributed by atoms with Gasteiger partial charge >= 0.3 is 0 Å². The number of para-hydroxylation sites is 1. The Kier molecular flexibility index (Phi) is 7.75. The summed E-state index contributed by atoms with van der Waals surface area (Å²) in [5, 5.41) is 3.05. The Balaban J connectivity index is 1.46. The second-order valence-electron chi connectivity index (χ2n) is 11.9. The smallest absolute Gasteiger partial charge is 0.237 e.